The number of aliphatic hydroxyl groups excluding tert-OH is 1. The van der Waals surface area contributed by atoms with Gasteiger partial charge in [-0.1, -0.05) is 0 Å². The summed E-state index contributed by atoms with van der Waals surface area (Å²) in [6, 6.07) is 2.74. The second-order valence-electron chi connectivity index (χ2n) is 3.30. The Morgan fingerprint density at radius 2 is 2.12 bits per heavy atom. The van der Waals surface area contributed by atoms with Crippen LogP contribution in [0.1, 0.15) is 27.6 Å². The Balaban J connectivity index is 3.32. The van der Waals surface area contributed by atoms with E-state index in [0.717, 1.165) is 0 Å². The third-order valence-electron chi connectivity index (χ3n) is 2.32. The molecule has 0 saturated carbocycles. The van der Waals surface area contributed by atoms with E-state index in [9.17, 15) is 14.7 Å². The number of carboxylic acid groups (broad SMARTS) is 1. The van der Waals surface area contributed by atoms with Gasteiger partial charge in [0.1, 0.15) is 12.0 Å². The Morgan fingerprint density at radius 1 is 1.50 bits per heavy atom. The molecule has 0 aliphatic rings. The van der Waals surface area contributed by atoms with Crippen molar-refractivity contribution < 1.29 is 24.5 Å². The highest BCUT2D eigenvalue weighted by atomic mass is 16.5. The number of rotatable bonds is 4. The van der Waals surface area contributed by atoms with Gasteiger partial charge in [0.05, 0.1) is 7.11 Å². The van der Waals surface area contributed by atoms with Gasteiger partial charge in [-0.05, 0) is 24.6 Å². The van der Waals surface area contributed by atoms with E-state index in [4.69, 9.17) is 9.84 Å². The number of carbonyl (C=O) groups is 2. The van der Waals surface area contributed by atoms with Crippen molar-refractivity contribution in [3.8, 4) is 5.75 Å². The number of carbonyl (C=O) groups excluding carboxylic acids is 1. The van der Waals surface area contributed by atoms with E-state index in [0.29, 0.717) is 23.2 Å². The van der Waals surface area contributed by atoms with E-state index in [1.165, 1.54) is 19.2 Å². The first kappa shape index (κ1) is 12.2. The van der Waals surface area contributed by atoms with Crippen LogP contribution in [0.4, 0.5) is 0 Å². The summed E-state index contributed by atoms with van der Waals surface area (Å²) in [5.74, 6) is -0.998. The maximum absolute atomic E-state index is 10.8. The largest absolute Gasteiger partial charge is 0.496 e. The minimum Gasteiger partial charge on any atom is -0.496 e. The lowest BCUT2D eigenvalue weighted by Gasteiger charge is -2.12. The van der Waals surface area contributed by atoms with Gasteiger partial charge in [0.15, 0.2) is 6.10 Å². The Kier molecular flexibility index (Phi) is 3.63. The zero-order valence-corrected chi connectivity index (χ0v) is 8.93. The normalized spacial score (nSPS) is 11.9. The van der Waals surface area contributed by atoms with Crippen LogP contribution in [0.2, 0.25) is 0 Å². The molecule has 0 bridgehead atoms. The van der Waals surface area contributed by atoms with Gasteiger partial charge < -0.3 is 14.9 Å². The van der Waals surface area contributed by atoms with Crippen molar-refractivity contribution in [2.75, 3.05) is 7.11 Å². The summed E-state index contributed by atoms with van der Waals surface area (Å²) in [5, 5.41) is 18.0. The Bertz CT molecular complexity index is 425. The topological polar surface area (TPSA) is 83.8 Å². The van der Waals surface area contributed by atoms with Crippen molar-refractivity contribution in [2.24, 2.45) is 0 Å². The summed E-state index contributed by atoms with van der Waals surface area (Å²) in [5.41, 5.74) is 1.03. The van der Waals surface area contributed by atoms with Crippen LogP contribution in [0.5, 0.6) is 5.75 Å². The molecule has 1 rings (SSSR count). The molecule has 0 fully saturated rings. The number of benzene rings is 1. The SMILES string of the molecule is COc1cc(C(O)C(=O)O)cc(C=O)c1C. The summed E-state index contributed by atoms with van der Waals surface area (Å²) in [7, 11) is 1.41. The molecule has 0 aliphatic heterocycles. The van der Waals surface area contributed by atoms with Gasteiger partial charge >= 0.3 is 5.97 Å². The molecule has 0 radical (unpaired) electrons. The van der Waals surface area contributed by atoms with Crippen LogP contribution < -0.4 is 4.74 Å². The fourth-order valence-corrected chi connectivity index (χ4v) is 1.37. The number of carboxylic acids is 1. The Morgan fingerprint density at radius 3 is 2.56 bits per heavy atom. The van der Waals surface area contributed by atoms with Crippen LogP contribution in [-0.2, 0) is 4.79 Å². The van der Waals surface area contributed by atoms with Crippen molar-refractivity contribution in [1.29, 1.82) is 0 Å². The molecule has 16 heavy (non-hydrogen) atoms. The summed E-state index contributed by atoms with van der Waals surface area (Å²) in [6.07, 6.45) is -1.07. The third kappa shape index (κ3) is 2.20. The van der Waals surface area contributed by atoms with E-state index in [1.807, 2.05) is 0 Å². The van der Waals surface area contributed by atoms with Crippen LogP contribution in [-0.4, -0.2) is 29.6 Å². The number of aliphatic carboxylic acids is 1. The lowest BCUT2D eigenvalue weighted by atomic mass is 10.0. The lowest BCUT2D eigenvalue weighted by molar-refractivity contribution is -0.146. The molecule has 1 aromatic carbocycles. The molecular formula is C11H12O5. The van der Waals surface area contributed by atoms with Gasteiger partial charge in [0.2, 0.25) is 0 Å². The van der Waals surface area contributed by atoms with Gasteiger partial charge in [0, 0.05) is 11.1 Å². The highest BCUT2D eigenvalue weighted by molar-refractivity contribution is 5.81. The number of methoxy groups -OCH3 is 1. The quantitative estimate of drug-likeness (QED) is 0.743. The van der Waals surface area contributed by atoms with Crippen molar-refractivity contribution in [3.05, 3.63) is 28.8 Å². The summed E-state index contributed by atoms with van der Waals surface area (Å²) in [4.78, 5) is 21.4. The number of ether oxygens (including phenoxy) is 1. The minimum atomic E-state index is -1.66. The fraction of sp³-hybridized carbons (Fsp3) is 0.273. The van der Waals surface area contributed by atoms with Crippen molar-refractivity contribution in [2.45, 2.75) is 13.0 Å². The molecule has 0 heterocycles. The van der Waals surface area contributed by atoms with E-state index in [2.05, 4.69) is 0 Å². The molecule has 2 N–H and O–H groups in total. The zero-order valence-electron chi connectivity index (χ0n) is 8.93. The van der Waals surface area contributed by atoms with Crippen molar-refractivity contribution >= 4 is 12.3 Å². The Labute approximate surface area is 92.3 Å². The van der Waals surface area contributed by atoms with Crippen LogP contribution in [0.25, 0.3) is 0 Å². The molecule has 0 amide bonds. The molecule has 5 nitrogen and oxygen atoms in total. The van der Waals surface area contributed by atoms with Gasteiger partial charge in [-0.15, -0.1) is 0 Å². The highest BCUT2D eigenvalue weighted by Crippen LogP contribution is 2.26. The summed E-state index contributed by atoms with van der Waals surface area (Å²) < 4.78 is 5.00. The molecular weight excluding hydrogens is 212 g/mol. The molecule has 1 aromatic rings. The minimum absolute atomic E-state index is 0.122. The molecule has 1 unspecified atom stereocenters. The maximum Gasteiger partial charge on any atom is 0.337 e. The summed E-state index contributed by atoms with van der Waals surface area (Å²) in [6.45, 7) is 1.68. The predicted octanol–water partition coefficient (Wildman–Crippen LogP) is 0.934. The Hall–Kier alpha value is -1.88. The average Bonchev–Trinajstić information content (AvgIpc) is 2.28. The number of hydrogen-bond donors (Lipinski definition) is 2. The third-order valence-corrected chi connectivity index (χ3v) is 2.32. The second-order valence-corrected chi connectivity index (χ2v) is 3.30. The first-order valence-electron chi connectivity index (χ1n) is 4.55. The van der Waals surface area contributed by atoms with E-state index in [1.54, 1.807) is 6.92 Å². The highest BCUT2D eigenvalue weighted by Gasteiger charge is 2.19. The maximum atomic E-state index is 10.8. The van der Waals surface area contributed by atoms with Crippen LogP contribution in [0.15, 0.2) is 12.1 Å². The number of aliphatic hydroxyl groups is 1. The molecule has 0 spiro atoms. The smallest absolute Gasteiger partial charge is 0.337 e. The van der Waals surface area contributed by atoms with Crippen LogP contribution in [0.3, 0.4) is 0 Å². The van der Waals surface area contributed by atoms with Crippen molar-refractivity contribution in [3.63, 3.8) is 0 Å². The van der Waals surface area contributed by atoms with E-state index >= 15 is 0 Å². The van der Waals surface area contributed by atoms with Gasteiger partial charge in [-0.2, -0.15) is 0 Å². The monoisotopic (exact) mass is 224 g/mol. The number of aldehydes is 1. The van der Waals surface area contributed by atoms with Crippen LogP contribution in [0, 0.1) is 6.92 Å². The van der Waals surface area contributed by atoms with Gasteiger partial charge in [-0.25, -0.2) is 4.79 Å². The fourth-order valence-electron chi connectivity index (χ4n) is 1.37. The molecule has 0 saturated heterocycles. The second kappa shape index (κ2) is 4.76. The van der Waals surface area contributed by atoms with Gasteiger partial charge in [-0.3, -0.25) is 4.79 Å². The molecule has 86 valence electrons. The first-order chi connectivity index (χ1) is 7.51. The molecule has 1 atom stereocenters. The van der Waals surface area contributed by atoms with Crippen molar-refractivity contribution in [1.82, 2.24) is 0 Å². The van der Waals surface area contributed by atoms with E-state index < -0.39 is 12.1 Å². The zero-order chi connectivity index (χ0) is 12.3. The standard InChI is InChI=1S/C11H12O5/c1-6-8(5-12)3-7(4-9(6)16-2)10(13)11(14)15/h3-5,10,13H,1-2H3,(H,14,15). The van der Waals surface area contributed by atoms with Gasteiger partial charge in [0.25, 0.3) is 0 Å². The average molecular weight is 224 g/mol. The molecule has 0 aromatic heterocycles. The lowest BCUT2D eigenvalue weighted by Crippen LogP contribution is -2.11. The molecule has 0 aliphatic carbocycles. The first-order valence-corrected chi connectivity index (χ1v) is 4.55. The molecule has 5 heteroatoms. The van der Waals surface area contributed by atoms with Crippen LogP contribution >= 0.6 is 0 Å². The van der Waals surface area contributed by atoms with E-state index in [-0.39, 0.29) is 5.56 Å². The summed E-state index contributed by atoms with van der Waals surface area (Å²) >= 11 is 0. The number of hydrogen-bond acceptors (Lipinski definition) is 4. The predicted molar refractivity (Wildman–Crippen MR) is 55.7 cm³/mol.